The van der Waals surface area contributed by atoms with Crippen LogP contribution < -0.4 is 0 Å². The Morgan fingerprint density at radius 1 is 1.00 bits per heavy atom. The second kappa shape index (κ2) is 3.40. The quantitative estimate of drug-likeness (QED) is 0.735. The molecule has 58 valence electrons. The van der Waals surface area contributed by atoms with Crippen LogP contribution in [0.25, 0.3) is 0 Å². The summed E-state index contributed by atoms with van der Waals surface area (Å²) in [5.41, 5.74) is 0. The van der Waals surface area contributed by atoms with Gasteiger partial charge in [0.1, 0.15) is 0 Å². The van der Waals surface area contributed by atoms with Crippen LogP contribution in [0.1, 0.15) is 17.1 Å². The van der Waals surface area contributed by atoms with Gasteiger partial charge in [0, 0.05) is 0 Å². The molecule has 2 rings (SSSR count). The molecule has 0 N–H and O–H groups in total. The zero-order valence-electron chi connectivity index (χ0n) is 9.33. The molecule has 0 aromatic rings. The normalized spacial score (nSPS) is 20.0. The molecule has 0 fully saturated rings. The topological polar surface area (TPSA) is 0 Å². The minimum Gasteiger partial charge on any atom is -1.00 e. The molecular formula is C10H13Ta. The van der Waals surface area contributed by atoms with Gasteiger partial charge in [0.2, 0.25) is 0 Å². The predicted octanol–water partition coefficient (Wildman–Crippen LogP) is 3.09. The summed E-state index contributed by atoms with van der Waals surface area (Å²) in [4.78, 5) is 0. The Hall–Kier alpha value is -0.300. The number of allylic oxidation sites excluding steroid dienone is 8. The molecule has 0 aliphatic heterocycles. The van der Waals surface area contributed by atoms with E-state index in [-0.39, 0.29) is 4.28 Å². The van der Waals surface area contributed by atoms with Crippen LogP contribution in [0.3, 0.4) is 0 Å². The third kappa shape index (κ3) is 1.84. The molecule has 0 saturated heterocycles. The van der Waals surface area contributed by atoms with E-state index in [0.29, 0.717) is 0 Å². The summed E-state index contributed by atoms with van der Waals surface area (Å²) in [6, 6.07) is 0. The fourth-order valence-corrected chi connectivity index (χ4v) is 5.11. The monoisotopic (exact) mass is 314 g/mol. The van der Waals surface area contributed by atoms with E-state index in [1.54, 1.807) is 7.58 Å². The summed E-state index contributed by atoms with van der Waals surface area (Å²) >= 11 is -0.404. The maximum atomic E-state index is 2.32. The zero-order valence-corrected chi connectivity index (χ0v) is 9.54. The molecule has 0 bridgehead atoms. The van der Waals surface area contributed by atoms with Crippen LogP contribution in [-0.2, 0) is 19.8 Å². The van der Waals surface area contributed by atoms with Gasteiger partial charge in [-0.15, -0.1) is 0 Å². The molecule has 0 radical (unpaired) electrons. The van der Waals surface area contributed by atoms with Gasteiger partial charge in [-0.3, -0.25) is 0 Å². The van der Waals surface area contributed by atoms with Gasteiger partial charge in [-0.25, -0.2) is 0 Å². The predicted molar refractivity (Wildman–Crippen MR) is 47.0 cm³/mol. The molecule has 1 heteroatoms. The second-order valence-electron chi connectivity index (χ2n) is 2.69. The molecule has 0 unspecified atom stereocenters. The molecule has 0 spiro atoms. The van der Waals surface area contributed by atoms with Crippen molar-refractivity contribution in [2.75, 3.05) is 0 Å². The summed E-state index contributed by atoms with van der Waals surface area (Å²) in [5, 5.41) is 0. The van der Waals surface area contributed by atoms with Crippen molar-refractivity contribution in [2.24, 2.45) is 0 Å². The smallest absolute Gasteiger partial charge is 1.00 e. The Morgan fingerprint density at radius 2 is 1.55 bits per heavy atom. The van der Waals surface area contributed by atoms with Gasteiger partial charge in [0.15, 0.2) is 0 Å². The van der Waals surface area contributed by atoms with E-state index in [9.17, 15) is 0 Å². The van der Waals surface area contributed by atoms with Gasteiger partial charge in [0.05, 0.1) is 0 Å². The molecule has 0 nitrogen and oxygen atoms in total. The number of hydrogen-bond acceptors (Lipinski definition) is 0. The maximum absolute atomic E-state index is 2.32. The average molecular weight is 314 g/mol. The van der Waals surface area contributed by atoms with E-state index in [0.717, 1.165) is 0 Å². The molecule has 0 atom stereocenters. The minimum atomic E-state index is -0.404. The Kier molecular flexibility index (Phi) is 2.27. The molecule has 0 aromatic carbocycles. The standard InChI is InChI=1S/2C5H5.Ta.3H/c2*1-2-4-5-3-1;;;;/h2*1-3H,4H2;;;;/q;;+3;3*-1. The number of rotatable bonds is 2. The Balaban J connectivity index is 0. The van der Waals surface area contributed by atoms with Crippen molar-refractivity contribution in [1.29, 1.82) is 0 Å². The van der Waals surface area contributed by atoms with Crippen molar-refractivity contribution >= 4 is 0 Å². The molecule has 0 saturated carbocycles. The first kappa shape index (κ1) is 7.35. The third-order valence-electron chi connectivity index (χ3n) is 1.79. The molecule has 0 heterocycles. The van der Waals surface area contributed by atoms with Crippen LogP contribution in [0.5, 0.6) is 0 Å². The minimum absolute atomic E-state index is 0. The first-order valence-electron chi connectivity index (χ1n) is 3.88. The van der Waals surface area contributed by atoms with Crippen LogP contribution in [0, 0.1) is 0 Å². The van der Waals surface area contributed by atoms with Crippen molar-refractivity contribution in [3.05, 3.63) is 44.0 Å². The van der Waals surface area contributed by atoms with Crippen molar-refractivity contribution < 1.29 is 24.0 Å². The van der Waals surface area contributed by atoms with Gasteiger partial charge in [-0.1, -0.05) is 0 Å². The largest absolute Gasteiger partial charge is 1.00 e. The molecule has 2 aliphatic rings. The fraction of sp³-hybridized carbons (Fsp3) is 0.200. The fourth-order valence-electron chi connectivity index (χ4n) is 1.22. The molecule has 2 aliphatic carbocycles. The van der Waals surface area contributed by atoms with Gasteiger partial charge < -0.3 is 4.28 Å². The summed E-state index contributed by atoms with van der Waals surface area (Å²) in [6.07, 6.45) is 16.0. The van der Waals surface area contributed by atoms with E-state index < -0.39 is 19.8 Å². The maximum Gasteiger partial charge on any atom is -1.00 e. The number of hydrogen-bond donors (Lipinski definition) is 0. The van der Waals surface area contributed by atoms with E-state index >= 15 is 0 Å². The molecule has 0 amide bonds. The summed E-state index contributed by atoms with van der Waals surface area (Å²) in [6.45, 7) is 0. The first-order valence-corrected chi connectivity index (χ1v) is 7.09. The van der Waals surface area contributed by atoms with Crippen LogP contribution in [0.15, 0.2) is 44.0 Å². The van der Waals surface area contributed by atoms with E-state index in [1.807, 2.05) is 0 Å². The van der Waals surface area contributed by atoms with E-state index in [4.69, 9.17) is 0 Å². The van der Waals surface area contributed by atoms with Crippen LogP contribution in [0.4, 0.5) is 0 Å². The SMILES string of the molecule is C1=CC[C]([Ta+3][C]2=CC=CC2)=C1.[H-].[H-].[H-]. The average Bonchev–Trinajstić information content (AvgIpc) is 2.60. The van der Waals surface area contributed by atoms with E-state index in [2.05, 4.69) is 36.5 Å². The van der Waals surface area contributed by atoms with Crippen LogP contribution >= 0.6 is 0 Å². The first-order chi connectivity index (χ1) is 5.45. The Labute approximate surface area is 81.2 Å². The Morgan fingerprint density at radius 3 is 1.91 bits per heavy atom. The second-order valence-corrected chi connectivity index (χ2v) is 7.62. The van der Waals surface area contributed by atoms with E-state index in [1.165, 1.54) is 12.8 Å². The van der Waals surface area contributed by atoms with Crippen molar-refractivity contribution in [2.45, 2.75) is 12.8 Å². The van der Waals surface area contributed by atoms with Gasteiger partial charge in [-0.2, -0.15) is 0 Å². The van der Waals surface area contributed by atoms with Gasteiger partial charge in [-0.05, 0) is 0 Å². The van der Waals surface area contributed by atoms with Crippen LogP contribution in [0.2, 0.25) is 0 Å². The zero-order chi connectivity index (χ0) is 7.52. The van der Waals surface area contributed by atoms with Crippen LogP contribution in [-0.4, -0.2) is 0 Å². The summed E-state index contributed by atoms with van der Waals surface area (Å²) in [7, 11) is 0. The van der Waals surface area contributed by atoms with Gasteiger partial charge in [0.25, 0.3) is 0 Å². The van der Waals surface area contributed by atoms with Crippen molar-refractivity contribution in [3.63, 3.8) is 0 Å². The van der Waals surface area contributed by atoms with Gasteiger partial charge >= 0.3 is 76.6 Å². The molecule has 11 heavy (non-hydrogen) atoms. The third-order valence-corrected chi connectivity index (χ3v) is 6.24. The Bertz CT molecular complexity index is 249. The molecular weight excluding hydrogens is 301 g/mol. The van der Waals surface area contributed by atoms with Crippen molar-refractivity contribution in [1.82, 2.24) is 0 Å². The summed E-state index contributed by atoms with van der Waals surface area (Å²) < 4.78 is 3.47. The van der Waals surface area contributed by atoms with Crippen molar-refractivity contribution in [3.8, 4) is 0 Å². The summed E-state index contributed by atoms with van der Waals surface area (Å²) in [5.74, 6) is 0. The molecule has 0 aromatic heterocycles.